The van der Waals surface area contributed by atoms with Crippen LogP contribution in [0.25, 0.3) is 22.6 Å². The molecule has 29 heavy (non-hydrogen) atoms. The molecule has 2 heterocycles. The Morgan fingerprint density at radius 1 is 1.10 bits per heavy atom. The summed E-state index contributed by atoms with van der Waals surface area (Å²) in [6, 6.07) is 17.5. The highest BCUT2D eigenvalue weighted by Crippen LogP contribution is 2.30. The average molecular weight is 387 g/mol. The number of benzene rings is 2. The molecule has 2 N–H and O–H groups in total. The summed E-state index contributed by atoms with van der Waals surface area (Å²) in [7, 11) is 0. The molecule has 0 fully saturated rings. The third kappa shape index (κ3) is 4.80. The molecule has 1 aromatic heterocycles. The first-order valence-electron chi connectivity index (χ1n) is 10.7. The van der Waals surface area contributed by atoms with Gasteiger partial charge in [0.1, 0.15) is 5.75 Å². The first kappa shape index (κ1) is 19.5. The fraction of sp³-hybridized carbons (Fsp3) is 0.308. The molecule has 0 radical (unpaired) electrons. The first-order chi connectivity index (χ1) is 14.3. The van der Waals surface area contributed by atoms with Gasteiger partial charge in [0, 0.05) is 35.2 Å². The van der Waals surface area contributed by atoms with Gasteiger partial charge in [-0.2, -0.15) is 0 Å². The molecule has 4 rings (SSSR count). The van der Waals surface area contributed by atoms with Crippen molar-refractivity contribution in [2.75, 3.05) is 13.2 Å². The van der Waals surface area contributed by atoms with Crippen LogP contribution in [0.1, 0.15) is 43.7 Å². The minimum atomic E-state index is 0.460. The van der Waals surface area contributed by atoms with Crippen LogP contribution in [0.4, 0.5) is 0 Å². The normalized spacial score (nSPS) is 17.0. The summed E-state index contributed by atoms with van der Waals surface area (Å²) >= 11 is 0. The van der Waals surface area contributed by atoms with E-state index in [1.807, 2.05) is 6.20 Å². The zero-order valence-corrected chi connectivity index (χ0v) is 17.2. The van der Waals surface area contributed by atoms with E-state index in [1.54, 1.807) is 0 Å². The molecule has 1 atom stereocenters. The van der Waals surface area contributed by atoms with Crippen LogP contribution in [-0.2, 0) is 0 Å². The van der Waals surface area contributed by atoms with Crippen molar-refractivity contribution in [3.8, 4) is 5.75 Å². The third-order valence-electron chi connectivity index (χ3n) is 5.56. The van der Waals surface area contributed by atoms with Gasteiger partial charge in [-0.25, -0.2) is 0 Å². The van der Waals surface area contributed by atoms with Crippen molar-refractivity contribution in [1.82, 2.24) is 10.3 Å². The van der Waals surface area contributed by atoms with Crippen LogP contribution < -0.4 is 10.1 Å². The molecule has 1 aliphatic rings. The first-order valence-corrected chi connectivity index (χ1v) is 10.7. The lowest BCUT2D eigenvalue weighted by molar-refractivity contribution is 0.309. The van der Waals surface area contributed by atoms with Crippen LogP contribution in [0.3, 0.4) is 0 Å². The van der Waals surface area contributed by atoms with Gasteiger partial charge >= 0.3 is 0 Å². The second kappa shape index (κ2) is 9.62. The van der Waals surface area contributed by atoms with Crippen molar-refractivity contribution in [2.24, 2.45) is 0 Å². The van der Waals surface area contributed by atoms with Gasteiger partial charge in [-0.3, -0.25) is 0 Å². The zero-order chi connectivity index (χ0) is 19.9. The largest absolute Gasteiger partial charge is 0.493 e. The van der Waals surface area contributed by atoms with Gasteiger partial charge < -0.3 is 15.0 Å². The number of aromatic amines is 1. The summed E-state index contributed by atoms with van der Waals surface area (Å²) in [5.41, 5.74) is 5.11. The van der Waals surface area contributed by atoms with E-state index in [-0.39, 0.29) is 0 Å². The summed E-state index contributed by atoms with van der Waals surface area (Å²) in [5.74, 6) is 0.975. The summed E-state index contributed by atoms with van der Waals surface area (Å²) in [6.07, 6.45) is 13.1. The highest BCUT2D eigenvalue weighted by molar-refractivity contribution is 5.91. The molecule has 0 saturated carbocycles. The Bertz CT molecular complexity index is 984. The van der Waals surface area contributed by atoms with E-state index in [0.29, 0.717) is 6.04 Å². The van der Waals surface area contributed by atoms with E-state index in [0.717, 1.165) is 50.1 Å². The standard InChI is InChI=1S/C26H30N2O/c1-2-3-18-29-26-13-12-25-23(15-17-28-25)24(26)11-7-10-22-19-21(14-16-27-22)20-8-5-4-6-9-20/h4-9,11-15,17,22,27-28H,2-3,10,16,18-19H2,1H3/b11-7+. The van der Waals surface area contributed by atoms with E-state index in [1.165, 1.54) is 22.1 Å². The molecule has 3 heteroatoms. The Kier molecular flexibility index (Phi) is 6.48. The molecule has 0 bridgehead atoms. The molecule has 3 nitrogen and oxygen atoms in total. The van der Waals surface area contributed by atoms with E-state index >= 15 is 0 Å². The smallest absolute Gasteiger partial charge is 0.127 e. The molecule has 2 aromatic carbocycles. The van der Waals surface area contributed by atoms with Gasteiger partial charge in [0.25, 0.3) is 0 Å². The van der Waals surface area contributed by atoms with Gasteiger partial charge in [-0.05, 0) is 48.6 Å². The number of fused-ring (bicyclic) bond motifs is 1. The SMILES string of the molecule is CCCCOc1ccc2[nH]ccc2c1/C=C/CC1CC(c2ccccc2)=CCN1. The highest BCUT2D eigenvalue weighted by Gasteiger charge is 2.15. The molecule has 3 aromatic rings. The number of aromatic nitrogens is 1. The van der Waals surface area contributed by atoms with E-state index < -0.39 is 0 Å². The lowest BCUT2D eigenvalue weighted by Crippen LogP contribution is -2.32. The third-order valence-corrected chi connectivity index (χ3v) is 5.56. The number of hydrogen-bond acceptors (Lipinski definition) is 2. The number of ether oxygens (including phenoxy) is 1. The molecule has 1 aliphatic heterocycles. The zero-order valence-electron chi connectivity index (χ0n) is 17.2. The Balaban J connectivity index is 1.46. The minimum Gasteiger partial charge on any atom is -0.493 e. The van der Waals surface area contributed by atoms with Gasteiger partial charge in [0.15, 0.2) is 0 Å². The number of H-pyrrole nitrogens is 1. The number of hydrogen-bond donors (Lipinski definition) is 2. The van der Waals surface area contributed by atoms with Gasteiger partial charge in [0.05, 0.1) is 6.61 Å². The maximum atomic E-state index is 6.08. The lowest BCUT2D eigenvalue weighted by atomic mass is 9.93. The van der Waals surface area contributed by atoms with Crippen LogP contribution in [0.15, 0.2) is 66.9 Å². The highest BCUT2D eigenvalue weighted by atomic mass is 16.5. The summed E-state index contributed by atoms with van der Waals surface area (Å²) in [5, 5.41) is 4.85. The second-order valence-electron chi connectivity index (χ2n) is 7.66. The predicted octanol–water partition coefficient (Wildman–Crippen LogP) is 6.20. The Morgan fingerprint density at radius 3 is 2.86 bits per heavy atom. The molecule has 0 aliphatic carbocycles. The Labute approximate surface area is 173 Å². The Hall–Kier alpha value is -2.78. The van der Waals surface area contributed by atoms with Gasteiger partial charge in [-0.15, -0.1) is 0 Å². The fourth-order valence-electron chi connectivity index (χ4n) is 3.94. The maximum absolute atomic E-state index is 6.08. The molecule has 0 saturated heterocycles. The van der Waals surface area contributed by atoms with Crippen LogP contribution >= 0.6 is 0 Å². The monoisotopic (exact) mass is 386 g/mol. The molecular weight excluding hydrogens is 356 g/mol. The van der Waals surface area contributed by atoms with Crippen LogP contribution in [0, 0.1) is 0 Å². The molecule has 1 unspecified atom stereocenters. The van der Waals surface area contributed by atoms with Gasteiger partial charge in [-0.1, -0.05) is 61.9 Å². The van der Waals surface area contributed by atoms with Crippen molar-refractivity contribution in [2.45, 2.75) is 38.6 Å². The molecular formula is C26H30N2O. The van der Waals surface area contributed by atoms with Crippen molar-refractivity contribution in [3.63, 3.8) is 0 Å². The Morgan fingerprint density at radius 2 is 2.00 bits per heavy atom. The lowest BCUT2D eigenvalue weighted by Gasteiger charge is -2.23. The van der Waals surface area contributed by atoms with E-state index in [2.05, 4.69) is 84.0 Å². The molecule has 0 amide bonds. The van der Waals surface area contributed by atoms with E-state index in [4.69, 9.17) is 4.74 Å². The summed E-state index contributed by atoms with van der Waals surface area (Å²) in [6.45, 7) is 3.89. The van der Waals surface area contributed by atoms with Crippen LogP contribution in [0.5, 0.6) is 5.75 Å². The topological polar surface area (TPSA) is 37.0 Å². The average Bonchev–Trinajstić information content (AvgIpc) is 3.25. The number of unbranched alkanes of at least 4 members (excludes halogenated alkanes) is 1. The minimum absolute atomic E-state index is 0.460. The van der Waals surface area contributed by atoms with Crippen molar-refractivity contribution in [3.05, 3.63) is 78.0 Å². The second-order valence-corrected chi connectivity index (χ2v) is 7.66. The predicted molar refractivity (Wildman–Crippen MR) is 123 cm³/mol. The quantitative estimate of drug-likeness (QED) is 0.453. The van der Waals surface area contributed by atoms with Crippen LogP contribution in [0.2, 0.25) is 0 Å². The van der Waals surface area contributed by atoms with Crippen molar-refractivity contribution in [1.29, 1.82) is 0 Å². The number of rotatable bonds is 8. The van der Waals surface area contributed by atoms with Gasteiger partial charge in [0.2, 0.25) is 0 Å². The van der Waals surface area contributed by atoms with Crippen molar-refractivity contribution >= 4 is 22.6 Å². The number of nitrogens with one attached hydrogen (secondary N) is 2. The maximum Gasteiger partial charge on any atom is 0.127 e. The van der Waals surface area contributed by atoms with Crippen molar-refractivity contribution < 1.29 is 4.74 Å². The van der Waals surface area contributed by atoms with Crippen LogP contribution in [-0.4, -0.2) is 24.2 Å². The fourth-order valence-corrected chi connectivity index (χ4v) is 3.94. The summed E-state index contributed by atoms with van der Waals surface area (Å²) in [4.78, 5) is 3.31. The van der Waals surface area contributed by atoms with E-state index in [9.17, 15) is 0 Å². The molecule has 150 valence electrons. The molecule has 0 spiro atoms. The summed E-state index contributed by atoms with van der Waals surface area (Å²) < 4.78 is 6.08.